The SMILES string of the molecule is O/N=C(/Cc1ccc[nH]1)c1nn[nH]n1. The second-order valence-electron chi connectivity index (χ2n) is 2.65. The van der Waals surface area contributed by atoms with Gasteiger partial charge in [-0.3, -0.25) is 0 Å². The molecule has 0 spiro atoms. The molecule has 7 heteroatoms. The molecular formula is C7H8N6O. The number of nitrogens with zero attached hydrogens (tertiary/aromatic N) is 4. The molecular weight excluding hydrogens is 184 g/mol. The highest BCUT2D eigenvalue weighted by Gasteiger charge is 2.10. The highest BCUT2D eigenvalue weighted by molar-refractivity contribution is 5.97. The maximum absolute atomic E-state index is 8.75. The van der Waals surface area contributed by atoms with Crippen molar-refractivity contribution in [1.29, 1.82) is 0 Å². The summed E-state index contributed by atoms with van der Waals surface area (Å²) in [5.41, 5.74) is 1.28. The van der Waals surface area contributed by atoms with Crippen LogP contribution in [0.5, 0.6) is 0 Å². The molecule has 0 radical (unpaired) electrons. The van der Waals surface area contributed by atoms with Gasteiger partial charge in [0.15, 0.2) is 0 Å². The molecule has 2 aromatic rings. The van der Waals surface area contributed by atoms with Gasteiger partial charge in [-0.1, -0.05) is 5.16 Å². The predicted octanol–water partition coefficient (Wildman–Crippen LogP) is -0.0512. The Morgan fingerprint density at radius 3 is 3.07 bits per heavy atom. The summed E-state index contributed by atoms with van der Waals surface area (Å²) in [6, 6.07) is 3.74. The molecule has 2 heterocycles. The van der Waals surface area contributed by atoms with Crippen molar-refractivity contribution in [3.05, 3.63) is 29.8 Å². The van der Waals surface area contributed by atoms with Gasteiger partial charge in [0, 0.05) is 18.3 Å². The fourth-order valence-corrected chi connectivity index (χ4v) is 1.10. The number of aromatic nitrogens is 5. The van der Waals surface area contributed by atoms with E-state index in [9.17, 15) is 0 Å². The summed E-state index contributed by atoms with van der Waals surface area (Å²) in [7, 11) is 0. The van der Waals surface area contributed by atoms with Gasteiger partial charge in [-0.25, -0.2) is 0 Å². The molecule has 0 bridgehead atoms. The third-order valence-corrected chi connectivity index (χ3v) is 1.74. The minimum Gasteiger partial charge on any atom is -0.411 e. The molecule has 0 aliphatic carbocycles. The maximum Gasteiger partial charge on any atom is 0.222 e. The molecule has 0 fully saturated rings. The molecule has 0 aromatic carbocycles. The van der Waals surface area contributed by atoms with E-state index in [1.807, 2.05) is 12.1 Å². The van der Waals surface area contributed by atoms with Gasteiger partial charge < -0.3 is 10.2 Å². The summed E-state index contributed by atoms with van der Waals surface area (Å²) in [4.78, 5) is 2.99. The summed E-state index contributed by atoms with van der Waals surface area (Å²) in [5.74, 6) is 0.294. The Morgan fingerprint density at radius 1 is 1.57 bits per heavy atom. The van der Waals surface area contributed by atoms with Crippen LogP contribution in [0, 0.1) is 0 Å². The van der Waals surface area contributed by atoms with Crippen molar-refractivity contribution in [3.8, 4) is 0 Å². The zero-order chi connectivity index (χ0) is 9.80. The van der Waals surface area contributed by atoms with E-state index in [4.69, 9.17) is 5.21 Å². The van der Waals surface area contributed by atoms with E-state index in [-0.39, 0.29) is 0 Å². The number of nitrogens with one attached hydrogen (secondary N) is 2. The smallest absolute Gasteiger partial charge is 0.222 e. The highest BCUT2D eigenvalue weighted by atomic mass is 16.4. The van der Waals surface area contributed by atoms with Crippen LogP contribution in [0.1, 0.15) is 11.5 Å². The topological polar surface area (TPSA) is 103 Å². The van der Waals surface area contributed by atoms with Crippen LogP contribution in [0.3, 0.4) is 0 Å². The summed E-state index contributed by atoms with van der Waals surface area (Å²) in [6.45, 7) is 0. The number of tetrazole rings is 1. The Morgan fingerprint density at radius 2 is 2.50 bits per heavy atom. The van der Waals surface area contributed by atoms with Gasteiger partial charge in [-0.15, -0.1) is 10.2 Å². The van der Waals surface area contributed by atoms with E-state index in [1.165, 1.54) is 0 Å². The summed E-state index contributed by atoms with van der Waals surface area (Å²) in [5, 5.41) is 25.0. The van der Waals surface area contributed by atoms with E-state index in [0.717, 1.165) is 5.69 Å². The van der Waals surface area contributed by atoms with E-state index in [0.29, 0.717) is 18.0 Å². The summed E-state index contributed by atoms with van der Waals surface area (Å²) in [6.07, 6.45) is 2.23. The molecule has 2 aromatic heterocycles. The first-order chi connectivity index (χ1) is 6.90. The van der Waals surface area contributed by atoms with Crippen molar-refractivity contribution >= 4 is 5.71 Å². The zero-order valence-electron chi connectivity index (χ0n) is 7.18. The van der Waals surface area contributed by atoms with E-state index >= 15 is 0 Å². The Bertz CT molecular complexity index is 403. The quantitative estimate of drug-likeness (QED) is 0.360. The zero-order valence-corrected chi connectivity index (χ0v) is 7.18. The van der Waals surface area contributed by atoms with Gasteiger partial charge in [0.05, 0.1) is 0 Å². The van der Waals surface area contributed by atoms with E-state index < -0.39 is 0 Å². The highest BCUT2D eigenvalue weighted by Crippen LogP contribution is 2.01. The predicted molar refractivity (Wildman–Crippen MR) is 47.0 cm³/mol. The molecule has 0 aliphatic heterocycles. The molecule has 0 unspecified atom stereocenters. The van der Waals surface area contributed by atoms with Crippen molar-refractivity contribution < 1.29 is 5.21 Å². The van der Waals surface area contributed by atoms with Gasteiger partial charge in [-0.2, -0.15) is 5.21 Å². The number of aromatic amines is 2. The van der Waals surface area contributed by atoms with E-state index in [1.54, 1.807) is 6.20 Å². The molecule has 14 heavy (non-hydrogen) atoms. The standard InChI is InChI=1S/C7H8N6O/c14-11-6(7-9-12-13-10-7)4-5-2-1-3-8-5/h1-3,8,14H,4H2,(H,9,10,12,13)/b11-6-. The average Bonchev–Trinajstić information content (AvgIpc) is 2.86. The number of oxime groups is 1. The number of rotatable bonds is 3. The van der Waals surface area contributed by atoms with Crippen LogP contribution in [-0.4, -0.2) is 36.5 Å². The van der Waals surface area contributed by atoms with Crippen LogP contribution in [0.4, 0.5) is 0 Å². The fraction of sp³-hybridized carbons (Fsp3) is 0.143. The van der Waals surface area contributed by atoms with Crippen LogP contribution < -0.4 is 0 Å². The minimum absolute atomic E-state index is 0.294. The second kappa shape index (κ2) is 3.69. The normalized spacial score (nSPS) is 11.9. The van der Waals surface area contributed by atoms with Crippen LogP contribution in [0.2, 0.25) is 0 Å². The molecule has 2 rings (SSSR count). The molecule has 0 amide bonds. The molecule has 0 aliphatic rings. The fourth-order valence-electron chi connectivity index (χ4n) is 1.10. The number of hydrogen-bond donors (Lipinski definition) is 3. The average molecular weight is 192 g/mol. The Hall–Kier alpha value is -2.18. The third kappa shape index (κ3) is 1.60. The second-order valence-corrected chi connectivity index (χ2v) is 2.65. The van der Waals surface area contributed by atoms with Crippen LogP contribution in [0.15, 0.2) is 23.5 Å². The summed E-state index contributed by atoms with van der Waals surface area (Å²) >= 11 is 0. The Labute approximate surface area is 78.8 Å². The Kier molecular flexibility index (Phi) is 2.22. The summed E-state index contributed by atoms with van der Waals surface area (Å²) < 4.78 is 0. The first-order valence-corrected chi connectivity index (χ1v) is 3.97. The molecule has 0 saturated heterocycles. The van der Waals surface area contributed by atoms with Crippen LogP contribution >= 0.6 is 0 Å². The van der Waals surface area contributed by atoms with Crippen LogP contribution in [-0.2, 0) is 6.42 Å². The maximum atomic E-state index is 8.75. The molecule has 3 N–H and O–H groups in total. The third-order valence-electron chi connectivity index (χ3n) is 1.74. The van der Waals surface area contributed by atoms with Gasteiger partial charge >= 0.3 is 0 Å². The van der Waals surface area contributed by atoms with Crippen molar-refractivity contribution in [2.45, 2.75) is 6.42 Å². The first kappa shape index (κ1) is 8.42. The largest absolute Gasteiger partial charge is 0.411 e. The van der Waals surface area contributed by atoms with Gasteiger partial charge in [0.2, 0.25) is 5.82 Å². The van der Waals surface area contributed by atoms with Gasteiger partial charge in [0.25, 0.3) is 0 Å². The van der Waals surface area contributed by atoms with E-state index in [2.05, 4.69) is 30.8 Å². The van der Waals surface area contributed by atoms with Crippen molar-refractivity contribution in [3.63, 3.8) is 0 Å². The number of H-pyrrole nitrogens is 2. The van der Waals surface area contributed by atoms with Crippen molar-refractivity contribution in [2.75, 3.05) is 0 Å². The van der Waals surface area contributed by atoms with Crippen molar-refractivity contribution in [2.24, 2.45) is 5.16 Å². The molecule has 0 atom stereocenters. The molecule has 0 saturated carbocycles. The lowest BCUT2D eigenvalue weighted by atomic mass is 10.2. The monoisotopic (exact) mass is 192 g/mol. The van der Waals surface area contributed by atoms with Gasteiger partial charge in [-0.05, 0) is 17.3 Å². The number of hydrogen-bond acceptors (Lipinski definition) is 5. The lowest BCUT2D eigenvalue weighted by Gasteiger charge is -1.96. The van der Waals surface area contributed by atoms with Gasteiger partial charge in [0.1, 0.15) is 5.71 Å². The first-order valence-electron chi connectivity index (χ1n) is 3.97. The minimum atomic E-state index is 0.294. The lowest BCUT2D eigenvalue weighted by molar-refractivity contribution is 0.318. The molecule has 7 nitrogen and oxygen atoms in total. The van der Waals surface area contributed by atoms with Crippen LogP contribution in [0.25, 0.3) is 0 Å². The lowest BCUT2D eigenvalue weighted by Crippen LogP contribution is -2.08. The van der Waals surface area contributed by atoms with Crippen molar-refractivity contribution in [1.82, 2.24) is 25.6 Å². The Balaban J connectivity index is 2.17. The molecule has 72 valence electrons.